The van der Waals surface area contributed by atoms with Gasteiger partial charge in [-0.25, -0.2) is 0 Å². The van der Waals surface area contributed by atoms with Crippen LogP contribution in [0.3, 0.4) is 0 Å². The van der Waals surface area contributed by atoms with Gasteiger partial charge in [-0.3, -0.25) is 9.78 Å². The molecule has 0 saturated carbocycles. The van der Waals surface area contributed by atoms with E-state index in [0.29, 0.717) is 0 Å². The predicted molar refractivity (Wildman–Crippen MR) is 70.6 cm³/mol. The number of hydrogen-bond acceptors (Lipinski definition) is 3. The zero-order chi connectivity index (χ0) is 13.0. The van der Waals surface area contributed by atoms with Gasteiger partial charge in [-0.2, -0.15) is 0 Å². The van der Waals surface area contributed by atoms with Crippen molar-refractivity contribution < 1.29 is 9.53 Å². The van der Waals surface area contributed by atoms with Crippen LogP contribution < -0.4 is 0 Å². The highest BCUT2D eigenvalue weighted by Gasteiger charge is 2.32. The van der Waals surface area contributed by atoms with Gasteiger partial charge in [0.1, 0.15) is 6.10 Å². The molecule has 0 fully saturated rings. The number of aromatic nitrogens is 1. The van der Waals surface area contributed by atoms with Gasteiger partial charge < -0.3 is 4.74 Å². The third-order valence-electron chi connectivity index (χ3n) is 3.69. The Morgan fingerprint density at radius 2 is 2.44 bits per heavy atom. The minimum Gasteiger partial charge on any atom is -0.374 e. The van der Waals surface area contributed by atoms with Gasteiger partial charge in [-0.1, -0.05) is 19.4 Å². The molecule has 0 amide bonds. The van der Waals surface area contributed by atoms with Crippen LogP contribution in [0.5, 0.6) is 0 Å². The second-order valence-corrected chi connectivity index (χ2v) is 4.91. The van der Waals surface area contributed by atoms with E-state index in [1.165, 1.54) is 5.56 Å². The third kappa shape index (κ3) is 2.61. The maximum atomic E-state index is 12.5. The number of Topliss-reactive ketones (excluding diaryl/α,β-unsaturated/α-hetero) is 1. The molecule has 1 aliphatic carbocycles. The summed E-state index contributed by atoms with van der Waals surface area (Å²) in [6.07, 6.45) is 6.29. The molecule has 1 aromatic rings. The van der Waals surface area contributed by atoms with Gasteiger partial charge >= 0.3 is 0 Å². The fraction of sp³-hybridized carbons (Fsp3) is 0.600. The lowest BCUT2D eigenvalue weighted by Crippen LogP contribution is -2.31. The molecule has 0 N–H and O–H groups in total. The maximum absolute atomic E-state index is 12.5. The van der Waals surface area contributed by atoms with Crippen LogP contribution in [0.4, 0.5) is 0 Å². The van der Waals surface area contributed by atoms with E-state index in [9.17, 15) is 4.79 Å². The summed E-state index contributed by atoms with van der Waals surface area (Å²) in [5.41, 5.74) is 2.21. The third-order valence-corrected chi connectivity index (χ3v) is 3.69. The zero-order valence-corrected chi connectivity index (χ0v) is 11.2. The quantitative estimate of drug-likeness (QED) is 0.803. The number of fused-ring (bicyclic) bond motifs is 1. The number of aryl methyl sites for hydroxylation is 1. The Balaban J connectivity index is 2.21. The Bertz CT molecular complexity index is 417. The van der Waals surface area contributed by atoms with E-state index in [1.54, 1.807) is 13.3 Å². The maximum Gasteiger partial charge on any atom is 0.170 e. The molecule has 1 aromatic heterocycles. The molecule has 0 spiro atoms. The number of nitrogens with zero attached hydrogens (tertiary/aromatic N) is 1. The number of ketones is 1. The molecule has 1 aliphatic rings. The van der Waals surface area contributed by atoms with Crippen molar-refractivity contribution in [1.82, 2.24) is 4.98 Å². The van der Waals surface area contributed by atoms with E-state index in [0.717, 1.165) is 37.8 Å². The Morgan fingerprint density at radius 1 is 1.61 bits per heavy atom. The minimum atomic E-state index is -0.270. The van der Waals surface area contributed by atoms with Crippen molar-refractivity contribution in [2.45, 2.75) is 51.0 Å². The van der Waals surface area contributed by atoms with Gasteiger partial charge in [0.15, 0.2) is 5.78 Å². The Kier molecular flexibility index (Phi) is 4.48. The molecule has 0 aliphatic heterocycles. The molecule has 2 rings (SSSR count). The summed E-state index contributed by atoms with van der Waals surface area (Å²) in [6, 6.07) is 4.04. The van der Waals surface area contributed by atoms with Gasteiger partial charge in [-0.05, 0) is 37.3 Å². The number of rotatable bonds is 5. The fourth-order valence-corrected chi connectivity index (χ4v) is 2.75. The van der Waals surface area contributed by atoms with E-state index >= 15 is 0 Å². The largest absolute Gasteiger partial charge is 0.374 e. The molecule has 3 heteroatoms. The van der Waals surface area contributed by atoms with E-state index in [4.69, 9.17) is 4.74 Å². The fourth-order valence-electron chi connectivity index (χ4n) is 2.75. The van der Waals surface area contributed by atoms with Crippen LogP contribution in [-0.4, -0.2) is 24.0 Å². The van der Waals surface area contributed by atoms with Gasteiger partial charge in [0, 0.05) is 13.3 Å². The second kappa shape index (κ2) is 6.10. The molecule has 0 saturated heterocycles. The predicted octanol–water partition coefficient (Wildman–Crippen LogP) is 2.89. The molecule has 1 heterocycles. The average Bonchev–Trinajstić information content (AvgIpc) is 2.43. The number of carbonyl (C=O) groups excluding carboxylic acids is 1. The molecule has 0 aromatic carbocycles. The molecule has 0 radical (unpaired) electrons. The molecular formula is C15H21NO2. The topological polar surface area (TPSA) is 39.2 Å². The zero-order valence-electron chi connectivity index (χ0n) is 11.2. The van der Waals surface area contributed by atoms with Gasteiger partial charge in [0.05, 0.1) is 11.6 Å². The Hall–Kier alpha value is -1.22. The van der Waals surface area contributed by atoms with Crippen LogP contribution in [0.25, 0.3) is 0 Å². The molecule has 2 unspecified atom stereocenters. The first kappa shape index (κ1) is 13.2. The van der Waals surface area contributed by atoms with Crippen LogP contribution in [0, 0.1) is 0 Å². The monoisotopic (exact) mass is 247 g/mol. The second-order valence-electron chi connectivity index (χ2n) is 4.91. The lowest BCUT2D eigenvalue weighted by atomic mass is 9.82. The molecule has 18 heavy (non-hydrogen) atoms. The van der Waals surface area contributed by atoms with Crippen LogP contribution in [-0.2, 0) is 16.0 Å². The Morgan fingerprint density at radius 3 is 3.17 bits per heavy atom. The smallest absolute Gasteiger partial charge is 0.170 e. The van der Waals surface area contributed by atoms with E-state index in [2.05, 4.69) is 18.0 Å². The van der Waals surface area contributed by atoms with Crippen molar-refractivity contribution in [2.75, 3.05) is 7.11 Å². The highest BCUT2D eigenvalue weighted by Crippen LogP contribution is 2.32. The summed E-state index contributed by atoms with van der Waals surface area (Å²) in [4.78, 5) is 16.9. The van der Waals surface area contributed by atoms with Crippen LogP contribution in [0.2, 0.25) is 0 Å². The van der Waals surface area contributed by atoms with Crippen molar-refractivity contribution >= 4 is 5.78 Å². The van der Waals surface area contributed by atoms with E-state index in [-0.39, 0.29) is 17.8 Å². The van der Waals surface area contributed by atoms with Gasteiger partial charge in [-0.15, -0.1) is 0 Å². The van der Waals surface area contributed by atoms with Crippen LogP contribution >= 0.6 is 0 Å². The highest BCUT2D eigenvalue weighted by molar-refractivity contribution is 5.89. The van der Waals surface area contributed by atoms with Crippen molar-refractivity contribution in [1.29, 1.82) is 0 Å². The molecule has 3 nitrogen and oxygen atoms in total. The van der Waals surface area contributed by atoms with Crippen molar-refractivity contribution in [2.24, 2.45) is 0 Å². The number of methoxy groups -OCH3 is 1. The van der Waals surface area contributed by atoms with Crippen molar-refractivity contribution in [3.63, 3.8) is 0 Å². The van der Waals surface area contributed by atoms with Crippen LogP contribution in [0.1, 0.15) is 49.8 Å². The minimum absolute atomic E-state index is 0.0635. The van der Waals surface area contributed by atoms with Crippen molar-refractivity contribution in [3.8, 4) is 0 Å². The SMILES string of the molecule is CCCC(OC)C(=O)C1CCCc2cccnc21. The highest BCUT2D eigenvalue weighted by atomic mass is 16.5. The van der Waals surface area contributed by atoms with Crippen LogP contribution in [0.15, 0.2) is 18.3 Å². The summed E-state index contributed by atoms with van der Waals surface area (Å²) in [5.74, 6) is 0.144. The molecule has 2 atom stereocenters. The van der Waals surface area contributed by atoms with Crippen molar-refractivity contribution in [3.05, 3.63) is 29.6 Å². The number of hydrogen-bond donors (Lipinski definition) is 0. The Labute approximate surface area is 109 Å². The summed E-state index contributed by atoms with van der Waals surface area (Å²) in [5, 5.41) is 0. The first-order valence-corrected chi connectivity index (χ1v) is 6.78. The summed E-state index contributed by atoms with van der Waals surface area (Å²) in [6.45, 7) is 2.08. The standard InChI is InChI=1S/C15H21NO2/c1-3-6-13(18-2)15(17)12-9-4-7-11-8-5-10-16-14(11)12/h5,8,10,12-13H,3-4,6-7,9H2,1-2H3. The number of ether oxygens (including phenoxy) is 1. The first-order chi connectivity index (χ1) is 8.77. The lowest BCUT2D eigenvalue weighted by Gasteiger charge is -2.26. The molecular weight excluding hydrogens is 226 g/mol. The normalized spacial score (nSPS) is 20.2. The summed E-state index contributed by atoms with van der Waals surface area (Å²) < 4.78 is 5.34. The number of carbonyl (C=O) groups is 1. The van der Waals surface area contributed by atoms with E-state index < -0.39 is 0 Å². The summed E-state index contributed by atoms with van der Waals surface area (Å²) in [7, 11) is 1.63. The lowest BCUT2D eigenvalue weighted by molar-refractivity contribution is -0.131. The average molecular weight is 247 g/mol. The molecule has 0 bridgehead atoms. The van der Waals surface area contributed by atoms with E-state index in [1.807, 2.05) is 6.07 Å². The number of pyridine rings is 1. The first-order valence-electron chi connectivity index (χ1n) is 6.78. The molecule has 98 valence electrons. The van der Waals surface area contributed by atoms with Gasteiger partial charge in [0.2, 0.25) is 0 Å². The van der Waals surface area contributed by atoms with Gasteiger partial charge in [0.25, 0.3) is 0 Å². The summed E-state index contributed by atoms with van der Waals surface area (Å²) >= 11 is 0.